The number of nitrogens with one attached hydrogen (secondary N) is 1. The molecule has 18 heavy (non-hydrogen) atoms. The Morgan fingerprint density at radius 3 is 3.06 bits per heavy atom. The van der Waals surface area contributed by atoms with E-state index in [1.165, 1.54) is 12.8 Å². The lowest BCUT2D eigenvalue weighted by Crippen LogP contribution is -2.39. The molecule has 0 spiro atoms. The SMILES string of the molecule is CNCC1CCCN(c2cc(Br)cc(C#N)c2)C1. The Balaban J connectivity index is 2.15. The maximum atomic E-state index is 9.02. The van der Waals surface area contributed by atoms with E-state index in [9.17, 15) is 0 Å². The Hall–Kier alpha value is -1.05. The maximum absolute atomic E-state index is 9.02. The zero-order chi connectivity index (χ0) is 13.0. The molecule has 1 aromatic rings. The zero-order valence-electron chi connectivity index (χ0n) is 10.6. The van der Waals surface area contributed by atoms with Crippen LogP contribution in [-0.2, 0) is 0 Å². The highest BCUT2D eigenvalue weighted by Gasteiger charge is 2.20. The lowest BCUT2D eigenvalue weighted by molar-refractivity contribution is 0.403. The number of halogens is 1. The number of nitrogens with zero attached hydrogens (tertiary/aromatic N) is 2. The molecule has 1 unspecified atom stereocenters. The molecule has 1 saturated heterocycles. The first-order valence-electron chi connectivity index (χ1n) is 6.33. The van der Waals surface area contributed by atoms with Gasteiger partial charge in [-0.25, -0.2) is 0 Å². The van der Waals surface area contributed by atoms with Gasteiger partial charge in [-0.15, -0.1) is 0 Å². The van der Waals surface area contributed by atoms with Crippen molar-refractivity contribution in [1.82, 2.24) is 5.32 Å². The van der Waals surface area contributed by atoms with Crippen molar-refractivity contribution in [3.05, 3.63) is 28.2 Å². The van der Waals surface area contributed by atoms with Crippen LogP contribution < -0.4 is 10.2 Å². The van der Waals surface area contributed by atoms with Gasteiger partial charge < -0.3 is 10.2 Å². The van der Waals surface area contributed by atoms with Crippen molar-refractivity contribution in [2.45, 2.75) is 12.8 Å². The van der Waals surface area contributed by atoms with Gasteiger partial charge in [0.25, 0.3) is 0 Å². The number of benzene rings is 1. The average Bonchev–Trinajstić information content (AvgIpc) is 2.39. The minimum Gasteiger partial charge on any atom is -0.371 e. The van der Waals surface area contributed by atoms with Gasteiger partial charge in [0.1, 0.15) is 0 Å². The van der Waals surface area contributed by atoms with Crippen LogP contribution in [0.2, 0.25) is 0 Å². The summed E-state index contributed by atoms with van der Waals surface area (Å²) in [6.07, 6.45) is 2.51. The third kappa shape index (κ3) is 3.24. The zero-order valence-corrected chi connectivity index (χ0v) is 12.2. The number of rotatable bonds is 3. The van der Waals surface area contributed by atoms with Gasteiger partial charge in [-0.2, -0.15) is 5.26 Å². The number of hydrogen-bond acceptors (Lipinski definition) is 3. The Bertz CT molecular complexity index is 451. The third-order valence-corrected chi connectivity index (χ3v) is 3.85. The fourth-order valence-corrected chi connectivity index (χ4v) is 3.06. The molecule has 1 aliphatic rings. The van der Waals surface area contributed by atoms with E-state index in [4.69, 9.17) is 5.26 Å². The van der Waals surface area contributed by atoms with Crippen LogP contribution in [0.1, 0.15) is 18.4 Å². The summed E-state index contributed by atoms with van der Waals surface area (Å²) in [5.74, 6) is 0.702. The van der Waals surface area contributed by atoms with Crippen LogP contribution in [0.5, 0.6) is 0 Å². The predicted molar refractivity (Wildman–Crippen MR) is 77.7 cm³/mol. The molecule has 0 radical (unpaired) electrons. The quantitative estimate of drug-likeness (QED) is 0.933. The van der Waals surface area contributed by atoms with Crippen LogP contribution in [0.3, 0.4) is 0 Å². The highest BCUT2D eigenvalue weighted by Crippen LogP contribution is 2.27. The van der Waals surface area contributed by atoms with Crippen molar-refractivity contribution in [2.24, 2.45) is 5.92 Å². The van der Waals surface area contributed by atoms with Crippen molar-refractivity contribution in [3.8, 4) is 6.07 Å². The number of hydrogen-bond donors (Lipinski definition) is 1. The molecule has 1 fully saturated rings. The van der Waals surface area contributed by atoms with E-state index in [2.05, 4.69) is 38.3 Å². The molecule has 4 heteroatoms. The molecule has 1 atom stereocenters. The van der Waals surface area contributed by atoms with E-state index in [-0.39, 0.29) is 0 Å². The van der Waals surface area contributed by atoms with E-state index in [0.29, 0.717) is 5.92 Å². The Kier molecular flexibility index (Phi) is 4.62. The van der Waals surface area contributed by atoms with Crippen molar-refractivity contribution in [3.63, 3.8) is 0 Å². The standard InChI is InChI=1S/C14H18BrN3/c1-17-9-11-3-2-4-18(10-11)14-6-12(8-16)5-13(15)7-14/h5-7,11,17H,2-4,9-10H2,1H3. The largest absolute Gasteiger partial charge is 0.371 e. The summed E-state index contributed by atoms with van der Waals surface area (Å²) < 4.78 is 0.979. The first-order chi connectivity index (χ1) is 8.72. The van der Waals surface area contributed by atoms with Gasteiger partial charge >= 0.3 is 0 Å². The summed E-state index contributed by atoms with van der Waals surface area (Å²) in [5, 5.41) is 12.3. The summed E-state index contributed by atoms with van der Waals surface area (Å²) in [4.78, 5) is 2.39. The van der Waals surface area contributed by atoms with Gasteiger partial charge in [-0.1, -0.05) is 15.9 Å². The average molecular weight is 308 g/mol. The molecular formula is C14H18BrN3. The van der Waals surface area contributed by atoms with Crippen molar-refractivity contribution in [2.75, 3.05) is 31.6 Å². The van der Waals surface area contributed by atoms with E-state index in [0.717, 1.165) is 35.4 Å². The highest BCUT2D eigenvalue weighted by molar-refractivity contribution is 9.10. The number of nitriles is 1. The first kappa shape index (κ1) is 13.4. The van der Waals surface area contributed by atoms with Crippen LogP contribution in [-0.4, -0.2) is 26.7 Å². The summed E-state index contributed by atoms with van der Waals surface area (Å²) in [5.41, 5.74) is 1.87. The van der Waals surface area contributed by atoms with Crippen molar-refractivity contribution >= 4 is 21.6 Å². The molecule has 0 aromatic heterocycles. The molecule has 0 bridgehead atoms. The highest BCUT2D eigenvalue weighted by atomic mass is 79.9. The molecule has 0 saturated carbocycles. The van der Waals surface area contributed by atoms with E-state index < -0.39 is 0 Å². The van der Waals surface area contributed by atoms with E-state index in [1.807, 2.05) is 19.2 Å². The van der Waals surface area contributed by atoms with Crippen LogP contribution in [0.25, 0.3) is 0 Å². The lowest BCUT2D eigenvalue weighted by Gasteiger charge is -2.34. The summed E-state index contributed by atoms with van der Waals surface area (Å²) in [6.45, 7) is 3.22. The molecule has 96 valence electrons. The number of anilines is 1. The summed E-state index contributed by atoms with van der Waals surface area (Å²) >= 11 is 3.48. The van der Waals surface area contributed by atoms with Crippen molar-refractivity contribution in [1.29, 1.82) is 5.26 Å². The van der Waals surface area contributed by atoms with Gasteiger partial charge in [-0.3, -0.25) is 0 Å². The van der Waals surface area contributed by atoms with Crippen molar-refractivity contribution < 1.29 is 0 Å². The van der Waals surface area contributed by atoms with E-state index in [1.54, 1.807) is 0 Å². The van der Waals surface area contributed by atoms with Gasteiger partial charge in [0.2, 0.25) is 0 Å². The smallest absolute Gasteiger partial charge is 0.0992 e. The number of piperidine rings is 1. The third-order valence-electron chi connectivity index (χ3n) is 3.39. The second-order valence-electron chi connectivity index (χ2n) is 4.82. The second kappa shape index (κ2) is 6.21. The molecule has 0 amide bonds. The lowest BCUT2D eigenvalue weighted by atomic mass is 9.97. The fourth-order valence-electron chi connectivity index (χ4n) is 2.58. The topological polar surface area (TPSA) is 39.1 Å². The second-order valence-corrected chi connectivity index (χ2v) is 5.74. The van der Waals surface area contributed by atoms with Gasteiger partial charge in [0.05, 0.1) is 11.6 Å². The van der Waals surface area contributed by atoms with Gasteiger partial charge in [0, 0.05) is 23.2 Å². The monoisotopic (exact) mass is 307 g/mol. The van der Waals surface area contributed by atoms with Crippen LogP contribution in [0.15, 0.2) is 22.7 Å². The Morgan fingerprint density at radius 2 is 2.33 bits per heavy atom. The predicted octanol–water partition coefficient (Wildman–Crippen LogP) is 2.76. The normalized spacial score (nSPS) is 19.6. The Morgan fingerprint density at radius 1 is 1.50 bits per heavy atom. The van der Waals surface area contributed by atoms with Gasteiger partial charge in [0.15, 0.2) is 0 Å². The fraction of sp³-hybridized carbons (Fsp3) is 0.500. The van der Waals surface area contributed by atoms with E-state index >= 15 is 0 Å². The molecule has 2 rings (SSSR count). The summed E-state index contributed by atoms with van der Waals surface area (Å²) in [6, 6.07) is 8.15. The Labute approximate surface area is 117 Å². The molecule has 1 heterocycles. The molecule has 1 aliphatic heterocycles. The van der Waals surface area contributed by atoms with Crippen LogP contribution in [0.4, 0.5) is 5.69 Å². The molecule has 0 aliphatic carbocycles. The summed E-state index contributed by atoms with van der Waals surface area (Å²) in [7, 11) is 2.01. The first-order valence-corrected chi connectivity index (χ1v) is 7.12. The molecule has 1 N–H and O–H groups in total. The minimum atomic E-state index is 0.702. The maximum Gasteiger partial charge on any atom is 0.0992 e. The molecule has 1 aromatic carbocycles. The minimum absolute atomic E-state index is 0.702. The van der Waals surface area contributed by atoms with Crippen LogP contribution in [0, 0.1) is 17.2 Å². The molecule has 3 nitrogen and oxygen atoms in total. The molecular weight excluding hydrogens is 290 g/mol. The van der Waals surface area contributed by atoms with Crippen LogP contribution >= 0.6 is 15.9 Å². The van der Waals surface area contributed by atoms with Gasteiger partial charge in [-0.05, 0) is 50.6 Å².